The lowest BCUT2D eigenvalue weighted by atomic mass is 10.0. The predicted octanol–water partition coefficient (Wildman–Crippen LogP) is 2.44. The number of thioether (sulfide) groups is 1. The van der Waals surface area contributed by atoms with Gasteiger partial charge in [-0.1, -0.05) is 11.6 Å². The molecule has 2 aliphatic heterocycles. The maximum atomic E-state index is 12.5. The quantitative estimate of drug-likeness (QED) is 0.811. The summed E-state index contributed by atoms with van der Waals surface area (Å²) >= 11 is 7.78. The highest BCUT2D eigenvalue weighted by atomic mass is 35.5. The van der Waals surface area contributed by atoms with Gasteiger partial charge in [0.15, 0.2) is 0 Å². The maximum absolute atomic E-state index is 12.5. The molecule has 5 nitrogen and oxygen atoms in total. The summed E-state index contributed by atoms with van der Waals surface area (Å²) in [5.74, 6) is 1.61. The summed E-state index contributed by atoms with van der Waals surface area (Å²) in [5.41, 5.74) is -1.08. The number of carbonyl (C=O) groups excluding carboxylic acids is 2. The number of fused-ring (bicyclic) bond motifs is 1. The van der Waals surface area contributed by atoms with Gasteiger partial charge in [0.05, 0.1) is 5.69 Å². The summed E-state index contributed by atoms with van der Waals surface area (Å²) in [6.07, 6.45) is 1.83. The number of carbonyl (C=O) groups is 2. The minimum Gasteiger partial charge on any atom is -0.466 e. The smallest absolute Gasteiger partial charge is 0.278 e. The van der Waals surface area contributed by atoms with Crippen LogP contribution in [0.2, 0.25) is 5.02 Å². The number of benzene rings is 1. The minimum absolute atomic E-state index is 0.105. The van der Waals surface area contributed by atoms with Gasteiger partial charge in [0.1, 0.15) is 5.75 Å². The third-order valence-electron chi connectivity index (χ3n) is 3.93. The van der Waals surface area contributed by atoms with Gasteiger partial charge in [-0.3, -0.25) is 9.59 Å². The van der Waals surface area contributed by atoms with Gasteiger partial charge in [-0.15, -0.1) is 0 Å². The number of halogens is 1. The van der Waals surface area contributed by atoms with Crippen LogP contribution in [0, 0.1) is 0 Å². The first-order valence-electron chi connectivity index (χ1n) is 7.18. The molecule has 0 saturated carbocycles. The van der Waals surface area contributed by atoms with Crippen molar-refractivity contribution < 1.29 is 14.3 Å². The van der Waals surface area contributed by atoms with E-state index in [4.69, 9.17) is 16.3 Å². The molecule has 0 aromatic heterocycles. The Labute approximate surface area is 138 Å². The van der Waals surface area contributed by atoms with E-state index in [1.807, 2.05) is 11.8 Å². The first-order valence-corrected chi connectivity index (χ1v) is 8.71. The molecule has 0 radical (unpaired) electrons. The number of ether oxygens (including phenoxy) is 1. The molecule has 1 saturated heterocycles. The predicted molar refractivity (Wildman–Crippen MR) is 87.6 cm³/mol. The molecule has 2 amide bonds. The Balaban J connectivity index is 1.78. The normalized spacial score (nSPS) is 24.9. The summed E-state index contributed by atoms with van der Waals surface area (Å²) < 4.78 is 5.70. The van der Waals surface area contributed by atoms with Crippen molar-refractivity contribution >= 4 is 40.9 Å². The van der Waals surface area contributed by atoms with Crippen molar-refractivity contribution in [2.75, 3.05) is 16.8 Å². The van der Waals surface area contributed by atoms with Gasteiger partial charge in [0, 0.05) is 11.1 Å². The number of amides is 2. The molecule has 0 spiro atoms. The van der Waals surface area contributed by atoms with Crippen LogP contribution in [0.15, 0.2) is 18.2 Å². The molecule has 2 heterocycles. The molecule has 22 heavy (non-hydrogen) atoms. The second kappa shape index (κ2) is 6.01. The lowest BCUT2D eigenvalue weighted by Gasteiger charge is -2.35. The van der Waals surface area contributed by atoms with Crippen LogP contribution in [0.1, 0.15) is 19.8 Å². The molecule has 3 rings (SSSR count). The molecule has 1 aromatic carbocycles. The van der Waals surface area contributed by atoms with E-state index in [1.54, 1.807) is 18.2 Å². The van der Waals surface area contributed by atoms with Crippen molar-refractivity contribution in [2.24, 2.45) is 0 Å². The van der Waals surface area contributed by atoms with Gasteiger partial charge >= 0.3 is 0 Å². The fourth-order valence-corrected chi connectivity index (χ4v) is 3.79. The highest BCUT2D eigenvalue weighted by Crippen LogP contribution is 2.35. The van der Waals surface area contributed by atoms with Gasteiger partial charge in [-0.05, 0) is 49.5 Å². The van der Waals surface area contributed by atoms with E-state index in [1.165, 1.54) is 6.92 Å². The Morgan fingerprint density at radius 3 is 2.91 bits per heavy atom. The lowest BCUT2D eigenvalue weighted by Crippen LogP contribution is -2.60. The molecule has 2 aliphatic rings. The summed E-state index contributed by atoms with van der Waals surface area (Å²) in [7, 11) is 0. The van der Waals surface area contributed by atoms with E-state index in [0.717, 1.165) is 24.3 Å². The average Bonchev–Trinajstić information content (AvgIpc) is 2.50. The molecular formula is C15H17ClN2O3S. The monoisotopic (exact) mass is 340 g/mol. The molecule has 1 fully saturated rings. The summed E-state index contributed by atoms with van der Waals surface area (Å²) in [4.78, 5) is 24.9. The second-order valence-corrected chi connectivity index (χ2v) is 7.25. The van der Waals surface area contributed by atoms with Crippen molar-refractivity contribution in [3.05, 3.63) is 23.2 Å². The number of hydrogen-bond acceptors (Lipinski definition) is 4. The van der Waals surface area contributed by atoms with E-state index in [9.17, 15) is 9.59 Å². The fraction of sp³-hybridized carbons (Fsp3) is 0.467. The Morgan fingerprint density at radius 1 is 1.45 bits per heavy atom. The Hall–Kier alpha value is -1.40. The Bertz CT molecular complexity index is 619. The molecule has 1 atom stereocenters. The number of hydrogen-bond donors (Lipinski definition) is 2. The van der Waals surface area contributed by atoms with Gasteiger partial charge in [-0.2, -0.15) is 11.8 Å². The fourth-order valence-electron chi connectivity index (χ4n) is 2.51. The van der Waals surface area contributed by atoms with Gasteiger partial charge in [0.2, 0.25) is 0 Å². The van der Waals surface area contributed by atoms with Gasteiger partial charge < -0.3 is 15.4 Å². The van der Waals surface area contributed by atoms with Crippen LogP contribution >= 0.6 is 23.4 Å². The van der Waals surface area contributed by atoms with E-state index in [0.29, 0.717) is 16.5 Å². The number of nitrogens with one attached hydrogen (secondary N) is 2. The molecule has 0 unspecified atom stereocenters. The summed E-state index contributed by atoms with van der Waals surface area (Å²) in [6.45, 7) is 1.49. The Morgan fingerprint density at radius 2 is 2.18 bits per heavy atom. The van der Waals surface area contributed by atoms with Crippen molar-refractivity contribution in [3.8, 4) is 5.75 Å². The van der Waals surface area contributed by atoms with Crippen LogP contribution < -0.4 is 15.4 Å². The van der Waals surface area contributed by atoms with Crippen LogP contribution in [0.3, 0.4) is 0 Å². The average molecular weight is 341 g/mol. The highest BCUT2D eigenvalue weighted by Gasteiger charge is 2.47. The van der Waals surface area contributed by atoms with Crippen molar-refractivity contribution in [2.45, 2.75) is 31.4 Å². The molecular weight excluding hydrogens is 324 g/mol. The topological polar surface area (TPSA) is 67.4 Å². The third kappa shape index (κ3) is 2.90. The second-order valence-electron chi connectivity index (χ2n) is 5.59. The van der Waals surface area contributed by atoms with Crippen LogP contribution in [-0.4, -0.2) is 35.0 Å². The van der Waals surface area contributed by atoms with E-state index in [2.05, 4.69) is 10.6 Å². The Kier molecular flexibility index (Phi) is 4.23. The highest BCUT2D eigenvalue weighted by molar-refractivity contribution is 7.99. The number of rotatable bonds is 2. The standard InChI is InChI=1S/C15H17ClN2O3S/c1-15(13(19)17-10-4-6-22-7-5-10)14(20)18-11-8-9(16)2-3-12(11)21-15/h2-3,8,10H,4-7H2,1H3,(H,17,19)(H,18,20)/t15-/m0/s1. The minimum atomic E-state index is -1.56. The third-order valence-corrected chi connectivity index (χ3v) is 5.21. The zero-order valence-corrected chi connectivity index (χ0v) is 13.7. The molecule has 118 valence electrons. The van der Waals surface area contributed by atoms with Crippen LogP contribution in [0.25, 0.3) is 0 Å². The largest absolute Gasteiger partial charge is 0.466 e. The SMILES string of the molecule is C[C@@]1(C(=O)NC2CCSCC2)Oc2ccc(Cl)cc2NC1=O. The van der Waals surface area contributed by atoms with Crippen LogP contribution in [-0.2, 0) is 9.59 Å². The van der Waals surface area contributed by atoms with E-state index < -0.39 is 17.4 Å². The van der Waals surface area contributed by atoms with E-state index in [-0.39, 0.29) is 6.04 Å². The number of anilines is 1. The van der Waals surface area contributed by atoms with Gasteiger partial charge in [-0.25, -0.2) is 0 Å². The lowest BCUT2D eigenvalue weighted by molar-refractivity contribution is -0.147. The molecule has 0 aliphatic carbocycles. The van der Waals surface area contributed by atoms with Crippen LogP contribution in [0.5, 0.6) is 5.75 Å². The first kappa shape index (κ1) is 15.5. The molecule has 2 N–H and O–H groups in total. The first-order chi connectivity index (χ1) is 10.5. The zero-order chi connectivity index (χ0) is 15.7. The molecule has 0 bridgehead atoms. The molecule has 1 aromatic rings. The summed E-state index contributed by atoms with van der Waals surface area (Å²) in [5, 5.41) is 6.13. The zero-order valence-electron chi connectivity index (χ0n) is 12.1. The van der Waals surface area contributed by atoms with Gasteiger partial charge in [0.25, 0.3) is 17.4 Å². The van der Waals surface area contributed by atoms with Crippen molar-refractivity contribution in [3.63, 3.8) is 0 Å². The summed E-state index contributed by atoms with van der Waals surface area (Å²) in [6, 6.07) is 5.02. The molecule has 7 heteroatoms. The van der Waals surface area contributed by atoms with Crippen molar-refractivity contribution in [1.82, 2.24) is 5.32 Å². The van der Waals surface area contributed by atoms with Crippen molar-refractivity contribution in [1.29, 1.82) is 0 Å². The van der Waals surface area contributed by atoms with Crippen LogP contribution in [0.4, 0.5) is 5.69 Å². The van der Waals surface area contributed by atoms with E-state index >= 15 is 0 Å². The maximum Gasteiger partial charge on any atom is 0.278 e.